The number of nitrogens with zero attached hydrogens (tertiary/aromatic N) is 2. The first-order valence-corrected chi connectivity index (χ1v) is 9.66. The molecule has 1 amide bonds. The normalized spacial score (nSPS) is 10.6. The van der Waals surface area contributed by atoms with Crippen molar-refractivity contribution in [1.29, 1.82) is 0 Å². The van der Waals surface area contributed by atoms with E-state index in [0.29, 0.717) is 15.2 Å². The molecule has 1 aromatic heterocycles. The van der Waals surface area contributed by atoms with Crippen LogP contribution in [0.1, 0.15) is 11.1 Å². The van der Waals surface area contributed by atoms with Gasteiger partial charge in [0.25, 0.3) is 0 Å². The predicted molar refractivity (Wildman–Crippen MR) is 105 cm³/mol. The number of thioether (sulfide) groups is 1. The molecule has 0 saturated heterocycles. The second-order valence-corrected chi connectivity index (χ2v) is 7.86. The summed E-state index contributed by atoms with van der Waals surface area (Å²) < 4.78 is 13.8. The van der Waals surface area contributed by atoms with Gasteiger partial charge in [-0.1, -0.05) is 46.9 Å². The monoisotopic (exact) mass is 388 g/mol. The van der Waals surface area contributed by atoms with E-state index in [1.807, 2.05) is 26.0 Å². The number of anilines is 3. The van der Waals surface area contributed by atoms with Gasteiger partial charge in [-0.25, -0.2) is 4.39 Å². The summed E-state index contributed by atoms with van der Waals surface area (Å²) in [7, 11) is 0. The first-order chi connectivity index (χ1) is 12.5. The Morgan fingerprint density at radius 1 is 1.19 bits per heavy atom. The van der Waals surface area contributed by atoms with Gasteiger partial charge in [-0.3, -0.25) is 4.79 Å². The van der Waals surface area contributed by atoms with Gasteiger partial charge in [-0.2, -0.15) is 0 Å². The maximum atomic E-state index is 13.1. The average Bonchev–Trinajstić information content (AvgIpc) is 3.03. The molecule has 0 bridgehead atoms. The molecule has 26 heavy (non-hydrogen) atoms. The van der Waals surface area contributed by atoms with E-state index in [1.54, 1.807) is 12.1 Å². The first kappa shape index (κ1) is 18.3. The maximum absolute atomic E-state index is 13.1. The van der Waals surface area contributed by atoms with Crippen molar-refractivity contribution in [3.05, 3.63) is 59.4 Å². The third-order valence-corrected chi connectivity index (χ3v) is 5.44. The van der Waals surface area contributed by atoms with Gasteiger partial charge in [-0.15, -0.1) is 10.2 Å². The number of rotatable bonds is 6. The summed E-state index contributed by atoms with van der Waals surface area (Å²) >= 11 is 2.67. The quantitative estimate of drug-likeness (QED) is 0.596. The topological polar surface area (TPSA) is 66.9 Å². The number of nitrogens with one attached hydrogen (secondary N) is 2. The number of hydrogen-bond acceptors (Lipinski definition) is 6. The molecule has 0 saturated carbocycles. The van der Waals surface area contributed by atoms with Crippen LogP contribution in [-0.2, 0) is 4.79 Å². The Hall–Kier alpha value is -2.45. The molecule has 134 valence electrons. The fraction of sp³-hybridized carbons (Fsp3) is 0.167. The minimum Gasteiger partial charge on any atom is -0.330 e. The zero-order valence-electron chi connectivity index (χ0n) is 14.2. The van der Waals surface area contributed by atoms with Crippen LogP contribution in [0, 0.1) is 19.7 Å². The average molecular weight is 388 g/mol. The van der Waals surface area contributed by atoms with Crippen molar-refractivity contribution >= 4 is 45.5 Å². The molecular weight excluding hydrogens is 371 g/mol. The number of halogens is 1. The highest BCUT2D eigenvalue weighted by Crippen LogP contribution is 2.29. The number of amides is 1. The zero-order valence-corrected chi connectivity index (χ0v) is 15.9. The molecule has 0 aliphatic heterocycles. The number of aromatic nitrogens is 2. The van der Waals surface area contributed by atoms with Gasteiger partial charge >= 0.3 is 0 Å². The molecule has 3 aromatic rings. The summed E-state index contributed by atoms with van der Waals surface area (Å²) in [4.78, 5) is 12.0. The van der Waals surface area contributed by atoms with E-state index in [-0.39, 0.29) is 17.5 Å². The highest BCUT2D eigenvalue weighted by Gasteiger charge is 2.10. The Kier molecular flexibility index (Phi) is 5.85. The Morgan fingerprint density at radius 2 is 2.04 bits per heavy atom. The van der Waals surface area contributed by atoms with Crippen LogP contribution >= 0.6 is 23.1 Å². The molecule has 3 rings (SSSR count). The molecule has 0 radical (unpaired) electrons. The van der Waals surface area contributed by atoms with E-state index in [0.717, 1.165) is 11.3 Å². The van der Waals surface area contributed by atoms with E-state index < -0.39 is 0 Å². The van der Waals surface area contributed by atoms with Gasteiger partial charge in [0.15, 0.2) is 4.34 Å². The fourth-order valence-corrected chi connectivity index (χ4v) is 3.84. The molecule has 0 unspecified atom stereocenters. The summed E-state index contributed by atoms with van der Waals surface area (Å²) in [6.45, 7) is 4.08. The van der Waals surface area contributed by atoms with Crippen molar-refractivity contribution in [2.45, 2.75) is 18.2 Å². The van der Waals surface area contributed by atoms with E-state index in [2.05, 4.69) is 26.9 Å². The first-order valence-electron chi connectivity index (χ1n) is 7.85. The summed E-state index contributed by atoms with van der Waals surface area (Å²) in [5.74, 6) is -0.435. The van der Waals surface area contributed by atoms with Crippen molar-refractivity contribution in [3.8, 4) is 0 Å². The Morgan fingerprint density at radius 3 is 2.81 bits per heavy atom. The Balaban J connectivity index is 1.54. The van der Waals surface area contributed by atoms with Crippen LogP contribution in [0.3, 0.4) is 0 Å². The lowest BCUT2D eigenvalue weighted by atomic mass is 10.1. The maximum Gasteiger partial charge on any atom is 0.234 e. The highest BCUT2D eigenvalue weighted by molar-refractivity contribution is 8.01. The van der Waals surface area contributed by atoms with Crippen molar-refractivity contribution in [1.82, 2.24) is 10.2 Å². The van der Waals surface area contributed by atoms with E-state index >= 15 is 0 Å². The van der Waals surface area contributed by atoms with Crippen molar-refractivity contribution < 1.29 is 9.18 Å². The second-order valence-electron chi connectivity index (χ2n) is 5.66. The van der Waals surface area contributed by atoms with Crippen LogP contribution in [0.5, 0.6) is 0 Å². The summed E-state index contributed by atoms with van der Waals surface area (Å²) in [5, 5.41) is 14.8. The molecule has 0 spiro atoms. The van der Waals surface area contributed by atoms with Crippen LogP contribution in [0.4, 0.5) is 20.9 Å². The van der Waals surface area contributed by atoms with Crippen LogP contribution < -0.4 is 10.6 Å². The SMILES string of the molecule is Cc1ccc(Nc2nnc(SCC(=O)Nc3cccc(F)c3)s2)c(C)c1. The van der Waals surface area contributed by atoms with Crippen LogP contribution in [0.15, 0.2) is 46.8 Å². The molecule has 0 aliphatic carbocycles. The van der Waals surface area contributed by atoms with E-state index in [9.17, 15) is 9.18 Å². The third-order valence-electron chi connectivity index (χ3n) is 3.47. The van der Waals surface area contributed by atoms with E-state index in [1.165, 1.54) is 40.8 Å². The van der Waals surface area contributed by atoms with Crippen molar-refractivity contribution in [2.75, 3.05) is 16.4 Å². The number of carbonyl (C=O) groups is 1. The van der Waals surface area contributed by atoms with Crippen LogP contribution in [0.25, 0.3) is 0 Å². The standard InChI is InChI=1S/C18H17FN4OS2/c1-11-6-7-15(12(2)8-11)21-17-22-23-18(26-17)25-10-16(24)20-14-5-3-4-13(19)9-14/h3-9H,10H2,1-2H3,(H,20,24)(H,21,22). The third kappa shape index (κ3) is 5.03. The molecule has 5 nitrogen and oxygen atoms in total. The summed E-state index contributed by atoms with van der Waals surface area (Å²) in [6, 6.07) is 11.9. The van der Waals surface area contributed by atoms with Gasteiger partial charge in [0, 0.05) is 11.4 Å². The molecule has 8 heteroatoms. The van der Waals surface area contributed by atoms with Crippen LogP contribution in [0.2, 0.25) is 0 Å². The smallest absolute Gasteiger partial charge is 0.234 e. The molecule has 1 heterocycles. The van der Waals surface area contributed by atoms with Gasteiger partial charge in [0.2, 0.25) is 11.0 Å². The predicted octanol–water partition coefficient (Wildman–Crippen LogP) is 4.77. The minimum atomic E-state index is -0.387. The zero-order chi connectivity index (χ0) is 18.5. The Bertz CT molecular complexity index is 929. The van der Waals surface area contributed by atoms with Gasteiger partial charge in [-0.05, 0) is 43.7 Å². The summed E-state index contributed by atoms with van der Waals surface area (Å²) in [5.41, 5.74) is 3.74. The Labute approximate surface area is 159 Å². The molecule has 2 aromatic carbocycles. The molecule has 0 atom stereocenters. The largest absolute Gasteiger partial charge is 0.330 e. The fourth-order valence-electron chi connectivity index (χ4n) is 2.28. The lowest BCUT2D eigenvalue weighted by molar-refractivity contribution is -0.113. The lowest BCUT2D eigenvalue weighted by Gasteiger charge is -2.06. The second kappa shape index (κ2) is 8.29. The van der Waals surface area contributed by atoms with Gasteiger partial charge in [0.1, 0.15) is 5.82 Å². The molecular formula is C18H17FN4OS2. The van der Waals surface area contributed by atoms with Crippen LogP contribution in [-0.4, -0.2) is 21.9 Å². The highest BCUT2D eigenvalue weighted by atomic mass is 32.2. The minimum absolute atomic E-state index is 0.175. The molecule has 0 fully saturated rings. The lowest BCUT2D eigenvalue weighted by Crippen LogP contribution is -2.13. The van der Waals surface area contributed by atoms with Gasteiger partial charge in [0.05, 0.1) is 5.75 Å². The number of aryl methyl sites for hydroxylation is 2. The van der Waals surface area contributed by atoms with Gasteiger partial charge < -0.3 is 10.6 Å². The number of benzene rings is 2. The van der Waals surface area contributed by atoms with Crippen molar-refractivity contribution in [2.24, 2.45) is 0 Å². The molecule has 0 aliphatic rings. The summed E-state index contributed by atoms with van der Waals surface area (Å²) in [6.07, 6.45) is 0. The number of carbonyl (C=O) groups excluding carboxylic acids is 1. The number of hydrogen-bond donors (Lipinski definition) is 2. The van der Waals surface area contributed by atoms with Crippen molar-refractivity contribution in [3.63, 3.8) is 0 Å². The molecule has 2 N–H and O–H groups in total. The van der Waals surface area contributed by atoms with E-state index in [4.69, 9.17) is 0 Å².